The van der Waals surface area contributed by atoms with Crippen molar-refractivity contribution < 1.29 is 13.6 Å². The number of halogens is 3. The van der Waals surface area contributed by atoms with Crippen LogP contribution in [0, 0.1) is 11.6 Å². The van der Waals surface area contributed by atoms with Gasteiger partial charge in [0.1, 0.15) is 5.82 Å². The minimum absolute atomic E-state index is 0.0498. The van der Waals surface area contributed by atoms with Gasteiger partial charge in [-0.25, -0.2) is 8.78 Å². The summed E-state index contributed by atoms with van der Waals surface area (Å²) >= 11 is 5.39. The van der Waals surface area contributed by atoms with E-state index in [1.807, 2.05) is 0 Å². The summed E-state index contributed by atoms with van der Waals surface area (Å²) < 4.78 is 26.1. The molecule has 70 valence electrons. The van der Waals surface area contributed by atoms with Gasteiger partial charge in [-0.05, 0) is 12.1 Å². The Hall–Kier alpha value is -0.960. The van der Waals surface area contributed by atoms with Crippen LogP contribution < -0.4 is 0 Å². The second-order valence-electron chi connectivity index (χ2n) is 2.49. The van der Waals surface area contributed by atoms with Crippen molar-refractivity contribution in [1.29, 1.82) is 0 Å². The SMILES string of the molecule is CCC(=O)c1c(F)ccc(Cl)c1F. The largest absolute Gasteiger partial charge is 0.294 e. The first-order valence-corrected chi connectivity index (χ1v) is 4.12. The lowest BCUT2D eigenvalue weighted by Crippen LogP contribution is -2.04. The average Bonchev–Trinajstić information content (AvgIpc) is 2.12. The van der Waals surface area contributed by atoms with E-state index in [0.717, 1.165) is 12.1 Å². The molecule has 0 radical (unpaired) electrons. The molecule has 0 aliphatic heterocycles. The third kappa shape index (κ3) is 1.86. The monoisotopic (exact) mass is 204 g/mol. The zero-order valence-corrected chi connectivity index (χ0v) is 7.66. The van der Waals surface area contributed by atoms with Crippen LogP contribution in [0.2, 0.25) is 5.02 Å². The van der Waals surface area contributed by atoms with Gasteiger partial charge in [0.2, 0.25) is 0 Å². The fourth-order valence-corrected chi connectivity index (χ4v) is 1.12. The molecule has 0 saturated carbocycles. The van der Waals surface area contributed by atoms with E-state index in [4.69, 9.17) is 11.6 Å². The molecule has 0 unspecified atom stereocenters. The number of carbonyl (C=O) groups excluding carboxylic acids is 1. The Morgan fingerprint density at radius 3 is 2.62 bits per heavy atom. The summed E-state index contributed by atoms with van der Waals surface area (Å²) in [5.74, 6) is -2.43. The Labute approximate surface area is 79.3 Å². The number of ketones is 1. The maximum Gasteiger partial charge on any atom is 0.168 e. The summed E-state index contributed by atoms with van der Waals surface area (Å²) in [4.78, 5) is 11.1. The molecule has 0 amide bonds. The van der Waals surface area contributed by atoms with Crippen LogP contribution >= 0.6 is 11.6 Å². The van der Waals surface area contributed by atoms with Crippen LogP contribution in [-0.4, -0.2) is 5.78 Å². The van der Waals surface area contributed by atoms with Crippen molar-refractivity contribution in [2.24, 2.45) is 0 Å². The lowest BCUT2D eigenvalue weighted by molar-refractivity contribution is 0.0980. The molecule has 0 aliphatic carbocycles. The van der Waals surface area contributed by atoms with E-state index in [0.29, 0.717) is 0 Å². The van der Waals surface area contributed by atoms with Gasteiger partial charge in [0.05, 0.1) is 10.6 Å². The zero-order chi connectivity index (χ0) is 10.0. The van der Waals surface area contributed by atoms with E-state index in [1.54, 1.807) is 0 Å². The Balaban J connectivity index is 3.33. The van der Waals surface area contributed by atoms with E-state index in [-0.39, 0.29) is 11.4 Å². The van der Waals surface area contributed by atoms with Crippen LogP contribution in [-0.2, 0) is 0 Å². The molecule has 0 bridgehead atoms. The molecule has 0 fully saturated rings. The molecule has 0 N–H and O–H groups in total. The van der Waals surface area contributed by atoms with Crippen molar-refractivity contribution in [3.8, 4) is 0 Å². The van der Waals surface area contributed by atoms with E-state index >= 15 is 0 Å². The minimum Gasteiger partial charge on any atom is -0.294 e. The smallest absolute Gasteiger partial charge is 0.168 e. The molecule has 0 aliphatic rings. The number of hydrogen-bond donors (Lipinski definition) is 0. The fraction of sp³-hybridized carbons (Fsp3) is 0.222. The first-order chi connectivity index (χ1) is 6.07. The van der Waals surface area contributed by atoms with Crippen LogP contribution in [0.25, 0.3) is 0 Å². The van der Waals surface area contributed by atoms with Crippen LogP contribution in [0.15, 0.2) is 12.1 Å². The van der Waals surface area contributed by atoms with Crippen molar-refractivity contribution in [1.82, 2.24) is 0 Å². The number of benzene rings is 1. The standard InChI is InChI=1S/C9H7ClF2O/c1-2-7(13)8-6(11)4-3-5(10)9(8)12/h3-4H,2H2,1H3. The molecular weight excluding hydrogens is 198 g/mol. The Bertz CT molecular complexity index is 350. The predicted molar refractivity (Wildman–Crippen MR) is 46.0 cm³/mol. The van der Waals surface area contributed by atoms with Gasteiger partial charge in [0.15, 0.2) is 11.6 Å². The Morgan fingerprint density at radius 1 is 1.46 bits per heavy atom. The van der Waals surface area contributed by atoms with Gasteiger partial charge >= 0.3 is 0 Å². The highest BCUT2D eigenvalue weighted by Gasteiger charge is 2.17. The third-order valence-corrected chi connectivity index (χ3v) is 1.94. The van der Waals surface area contributed by atoms with E-state index in [1.165, 1.54) is 6.92 Å². The van der Waals surface area contributed by atoms with Crippen LogP contribution in [0.4, 0.5) is 8.78 Å². The summed E-state index contributed by atoms with van der Waals surface area (Å²) in [6.07, 6.45) is 0.0498. The van der Waals surface area contributed by atoms with Crippen molar-refractivity contribution in [3.05, 3.63) is 34.4 Å². The van der Waals surface area contributed by atoms with Crippen molar-refractivity contribution in [3.63, 3.8) is 0 Å². The van der Waals surface area contributed by atoms with E-state index < -0.39 is 23.0 Å². The lowest BCUT2D eigenvalue weighted by atomic mass is 10.1. The van der Waals surface area contributed by atoms with Crippen molar-refractivity contribution >= 4 is 17.4 Å². The molecule has 0 aromatic heterocycles. The number of rotatable bonds is 2. The highest BCUT2D eigenvalue weighted by atomic mass is 35.5. The number of hydrogen-bond acceptors (Lipinski definition) is 1. The van der Waals surface area contributed by atoms with Crippen molar-refractivity contribution in [2.45, 2.75) is 13.3 Å². The fourth-order valence-electron chi connectivity index (χ4n) is 0.959. The maximum atomic E-state index is 13.1. The minimum atomic E-state index is -0.978. The first-order valence-electron chi connectivity index (χ1n) is 3.74. The lowest BCUT2D eigenvalue weighted by Gasteiger charge is -2.02. The maximum absolute atomic E-state index is 13.1. The van der Waals surface area contributed by atoms with Gasteiger partial charge < -0.3 is 0 Å². The van der Waals surface area contributed by atoms with Crippen LogP contribution in [0.1, 0.15) is 23.7 Å². The molecule has 0 heterocycles. The Morgan fingerprint density at radius 2 is 2.08 bits per heavy atom. The molecule has 13 heavy (non-hydrogen) atoms. The number of carbonyl (C=O) groups is 1. The van der Waals surface area contributed by atoms with Gasteiger partial charge in [0, 0.05) is 6.42 Å². The molecule has 1 aromatic carbocycles. The molecule has 0 atom stereocenters. The number of Topliss-reactive ketones (excluding diaryl/α,β-unsaturated/α-hetero) is 1. The highest BCUT2D eigenvalue weighted by molar-refractivity contribution is 6.31. The second-order valence-corrected chi connectivity index (χ2v) is 2.90. The van der Waals surface area contributed by atoms with E-state index in [2.05, 4.69) is 0 Å². The molecule has 4 heteroatoms. The topological polar surface area (TPSA) is 17.1 Å². The second kappa shape index (κ2) is 3.83. The summed E-state index contributed by atoms with van der Waals surface area (Å²) in [5.41, 5.74) is -0.546. The molecular formula is C9H7ClF2O. The summed E-state index contributed by atoms with van der Waals surface area (Å²) in [5, 5.41) is -0.238. The average molecular weight is 205 g/mol. The van der Waals surface area contributed by atoms with Gasteiger partial charge in [0.25, 0.3) is 0 Å². The van der Waals surface area contributed by atoms with Crippen LogP contribution in [0.5, 0.6) is 0 Å². The van der Waals surface area contributed by atoms with Gasteiger partial charge in [-0.15, -0.1) is 0 Å². The molecule has 1 aromatic rings. The predicted octanol–water partition coefficient (Wildman–Crippen LogP) is 3.21. The Kier molecular flexibility index (Phi) is 2.98. The summed E-state index contributed by atoms with van der Waals surface area (Å²) in [6.45, 7) is 1.53. The van der Waals surface area contributed by atoms with E-state index in [9.17, 15) is 13.6 Å². The normalized spacial score (nSPS) is 10.2. The van der Waals surface area contributed by atoms with Crippen molar-refractivity contribution in [2.75, 3.05) is 0 Å². The zero-order valence-electron chi connectivity index (χ0n) is 6.90. The first kappa shape index (κ1) is 10.1. The van der Waals surface area contributed by atoms with Crippen LogP contribution in [0.3, 0.4) is 0 Å². The molecule has 1 rings (SSSR count). The third-order valence-electron chi connectivity index (χ3n) is 1.64. The van der Waals surface area contributed by atoms with Gasteiger partial charge in [-0.2, -0.15) is 0 Å². The summed E-state index contributed by atoms with van der Waals surface area (Å²) in [6, 6.07) is 2.06. The molecule has 0 saturated heterocycles. The quantitative estimate of drug-likeness (QED) is 0.534. The molecule has 0 spiro atoms. The molecule has 1 nitrogen and oxygen atoms in total. The highest BCUT2D eigenvalue weighted by Crippen LogP contribution is 2.21. The van der Waals surface area contributed by atoms with Gasteiger partial charge in [-0.1, -0.05) is 18.5 Å². The van der Waals surface area contributed by atoms with Gasteiger partial charge in [-0.3, -0.25) is 4.79 Å². The summed E-state index contributed by atoms with van der Waals surface area (Å²) in [7, 11) is 0.